The van der Waals surface area contributed by atoms with E-state index >= 15 is 0 Å². The summed E-state index contributed by atoms with van der Waals surface area (Å²) in [6, 6.07) is 3.32. The van der Waals surface area contributed by atoms with Gasteiger partial charge in [0.25, 0.3) is 0 Å². The van der Waals surface area contributed by atoms with Crippen LogP contribution < -0.4 is 21.9 Å². The van der Waals surface area contributed by atoms with Crippen LogP contribution in [0.15, 0.2) is 12.1 Å². The summed E-state index contributed by atoms with van der Waals surface area (Å²) in [7, 11) is 1.70. The summed E-state index contributed by atoms with van der Waals surface area (Å²) >= 11 is 0. The van der Waals surface area contributed by atoms with Crippen LogP contribution in [-0.4, -0.2) is 20.3 Å². The van der Waals surface area contributed by atoms with Crippen molar-refractivity contribution in [1.29, 1.82) is 0 Å². The Hall–Kier alpha value is -1.62. The van der Waals surface area contributed by atoms with Crippen LogP contribution in [0.4, 0.5) is 17.1 Å². The predicted molar refractivity (Wildman–Crippen MR) is 70.9 cm³/mol. The van der Waals surface area contributed by atoms with Crippen LogP contribution in [0.2, 0.25) is 0 Å². The number of rotatable bonds is 7. The summed E-state index contributed by atoms with van der Waals surface area (Å²) in [5.41, 5.74) is 18.6. The zero-order chi connectivity index (χ0) is 12.7. The molecule has 0 aliphatic rings. The fraction of sp³-hybridized carbons (Fsp3) is 0.500. The molecule has 0 aliphatic carbocycles. The largest absolute Gasteiger partial charge is 0.491 e. The minimum absolute atomic E-state index is 0.455. The Morgan fingerprint density at radius 2 is 1.71 bits per heavy atom. The van der Waals surface area contributed by atoms with Gasteiger partial charge in [-0.2, -0.15) is 0 Å². The molecule has 0 unspecified atom stereocenters. The van der Waals surface area contributed by atoms with Crippen molar-refractivity contribution < 1.29 is 9.47 Å². The molecule has 96 valence electrons. The van der Waals surface area contributed by atoms with Crippen LogP contribution in [0.25, 0.3) is 0 Å². The van der Waals surface area contributed by atoms with Gasteiger partial charge >= 0.3 is 0 Å². The third-order valence-electron chi connectivity index (χ3n) is 2.45. The summed E-state index contributed by atoms with van der Waals surface area (Å²) in [5.74, 6) is 0.564. The lowest BCUT2D eigenvalue weighted by molar-refractivity contribution is 0.189. The number of hydrogen-bond donors (Lipinski definition) is 3. The fourth-order valence-electron chi connectivity index (χ4n) is 1.50. The van der Waals surface area contributed by atoms with Crippen molar-refractivity contribution in [2.45, 2.75) is 19.3 Å². The van der Waals surface area contributed by atoms with Gasteiger partial charge in [-0.05, 0) is 25.3 Å². The maximum Gasteiger partial charge on any atom is 0.146 e. The van der Waals surface area contributed by atoms with Gasteiger partial charge in [0.15, 0.2) is 0 Å². The van der Waals surface area contributed by atoms with E-state index in [-0.39, 0.29) is 0 Å². The number of nitrogen functional groups attached to an aromatic ring is 3. The summed E-state index contributed by atoms with van der Waals surface area (Å²) in [6.07, 6.45) is 3.05. The number of ether oxygens (including phenoxy) is 2. The van der Waals surface area contributed by atoms with Gasteiger partial charge in [-0.15, -0.1) is 0 Å². The smallest absolute Gasteiger partial charge is 0.146 e. The molecule has 0 aromatic heterocycles. The molecule has 1 rings (SSSR count). The molecule has 6 N–H and O–H groups in total. The SMILES string of the molecule is COCCCCCOc1cc(N)cc(N)c1N. The highest BCUT2D eigenvalue weighted by atomic mass is 16.5. The van der Waals surface area contributed by atoms with Crippen LogP contribution in [0, 0.1) is 0 Å². The number of unbranched alkanes of at least 4 members (excludes halogenated alkanes) is 2. The van der Waals surface area contributed by atoms with Gasteiger partial charge in [0.2, 0.25) is 0 Å². The second-order valence-electron chi connectivity index (χ2n) is 3.92. The lowest BCUT2D eigenvalue weighted by atomic mass is 10.2. The van der Waals surface area contributed by atoms with Crippen molar-refractivity contribution in [3.63, 3.8) is 0 Å². The van der Waals surface area contributed by atoms with E-state index in [9.17, 15) is 0 Å². The Kier molecular flexibility index (Phi) is 5.42. The average Bonchev–Trinajstić information content (AvgIpc) is 2.29. The van der Waals surface area contributed by atoms with Crippen molar-refractivity contribution in [2.24, 2.45) is 0 Å². The summed E-state index contributed by atoms with van der Waals surface area (Å²) in [4.78, 5) is 0. The summed E-state index contributed by atoms with van der Waals surface area (Å²) < 4.78 is 10.5. The monoisotopic (exact) mass is 239 g/mol. The Bertz CT molecular complexity index is 356. The third-order valence-corrected chi connectivity index (χ3v) is 2.45. The lowest BCUT2D eigenvalue weighted by Gasteiger charge is -2.11. The molecular formula is C12H21N3O2. The molecule has 0 bridgehead atoms. The van der Waals surface area contributed by atoms with E-state index in [1.807, 2.05) is 0 Å². The molecule has 0 amide bonds. The van der Waals surface area contributed by atoms with Gasteiger partial charge < -0.3 is 26.7 Å². The van der Waals surface area contributed by atoms with Gasteiger partial charge in [0.1, 0.15) is 5.75 Å². The minimum Gasteiger partial charge on any atom is -0.491 e. The van der Waals surface area contributed by atoms with Crippen molar-refractivity contribution in [1.82, 2.24) is 0 Å². The van der Waals surface area contributed by atoms with E-state index in [4.69, 9.17) is 26.7 Å². The van der Waals surface area contributed by atoms with Crippen molar-refractivity contribution in [2.75, 3.05) is 37.5 Å². The minimum atomic E-state index is 0.455. The third kappa shape index (κ3) is 4.40. The molecule has 0 aliphatic heterocycles. The van der Waals surface area contributed by atoms with E-state index in [1.54, 1.807) is 19.2 Å². The Morgan fingerprint density at radius 3 is 2.41 bits per heavy atom. The number of anilines is 3. The standard InChI is InChI=1S/C12H21N3O2/c1-16-5-3-2-4-6-17-11-8-9(13)7-10(14)12(11)15/h7-8H,2-6,13-15H2,1H3. The maximum atomic E-state index is 5.79. The lowest BCUT2D eigenvalue weighted by Crippen LogP contribution is -2.04. The zero-order valence-electron chi connectivity index (χ0n) is 10.2. The molecule has 0 atom stereocenters. The Balaban J connectivity index is 2.36. The van der Waals surface area contributed by atoms with E-state index in [2.05, 4.69) is 0 Å². The topological polar surface area (TPSA) is 96.5 Å². The maximum absolute atomic E-state index is 5.79. The highest BCUT2D eigenvalue weighted by Gasteiger charge is 2.05. The molecule has 0 heterocycles. The highest BCUT2D eigenvalue weighted by molar-refractivity contribution is 5.75. The molecule has 0 fully saturated rings. The van der Waals surface area contributed by atoms with Gasteiger partial charge in [-0.3, -0.25) is 0 Å². The van der Waals surface area contributed by atoms with Crippen LogP contribution in [0.3, 0.4) is 0 Å². The Labute approximate surface area is 102 Å². The zero-order valence-corrected chi connectivity index (χ0v) is 10.2. The number of methoxy groups -OCH3 is 1. The van der Waals surface area contributed by atoms with Crippen LogP contribution >= 0.6 is 0 Å². The first-order chi connectivity index (χ1) is 8.15. The van der Waals surface area contributed by atoms with Crippen LogP contribution in [-0.2, 0) is 4.74 Å². The molecule has 5 nitrogen and oxygen atoms in total. The van der Waals surface area contributed by atoms with E-state index < -0.39 is 0 Å². The summed E-state index contributed by atoms with van der Waals surface area (Å²) in [5, 5.41) is 0. The second kappa shape index (κ2) is 6.85. The number of hydrogen-bond acceptors (Lipinski definition) is 5. The molecule has 0 saturated heterocycles. The van der Waals surface area contributed by atoms with E-state index in [0.29, 0.717) is 29.4 Å². The van der Waals surface area contributed by atoms with Crippen molar-refractivity contribution >= 4 is 17.1 Å². The predicted octanol–water partition coefficient (Wildman–Crippen LogP) is 1.63. The van der Waals surface area contributed by atoms with E-state index in [0.717, 1.165) is 25.9 Å². The normalized spacial score (nSPS) is 10.4. The highest BCUT2D eigenvalue weighted by Crippen LogP contribution is 2.30. The second-order valence-corrected chi connectivity index (χ2v) is 3.92. The van der Waals surface area contributed by atoms with Gasteiger partial charge in [0.05, 0.1) is 18.0 Å². The molecule has 0 saturated carbocycles. The Morgan fingerprint density at radius 1 is 1.00 bits per heavy atom. The summed E-state index contributed by atoms with van der Waals surface area (Å²) in [6.45, 7) is 1.39. The van der Waals surface area contributed by atoms with Crippen LogP contribution in [0.1, 0.15) is 19.3 Å². The molecule has 17 heavy (non-hydrogen) atoms. The van der Waals surface area contributed by atoms with Crippen LogP contribution in [0.5, 0.6) is 5.75 Å². The van der Waals surface area contributed by atoms with Gasteiger partial charge in [-0.1, -0.05) is 0 Å². The first kappa shape index (κ1) is 13.4. The molecule has 1 aromatic carbocycles. The van der Waals surface area contributed by atoms with Gasteiger partial charge in [0, 0.05) is 25.5 Å². The van der Waals surface area contributed by atoms with Crippen molar-refractivity contribution in [3.8, 4) is 5.75 Å². The molecule has 0 radical (unpaired) electrons. The van der Waals surface area contributed by atoms with Gasteiger partial charge in [-0.25, -0.2) is 0 Å². The molecule has 5 heteroatoms. The number of nitrogens with two attached hydrogens (primary N) is 3. The average molecular weight is 239 g/mol. The fourth-order valence-corrected chi connectivity index (χ4v) is 1.50. The number of benzene rings is 1. The molecule has 0 spiro atoms. The molecular weight excluding hydrogens is 218 g/mol. The molecule has 1 aromatic rings. The first-order valence-corrected chi connectivity index (χ1v) is 5.71. The quantitative estimate of drug-likeness (QED) is 0.496. The van der Waals surface area contributed by atoms with E-state index in [1.165, 1.54) is 0 Å². The first-order valence-electron chi connectivity index (χ1n) is 5.71. The van der Waals surface area contributed by atoms with Crippen molar-refractivity contribution in [3.05, 3.63) is 12.1 Å².